The molecule has 2 saturated heterocycles. The van der Waals surface area contributed by atoms with E-state index in [-0.39, 0.29) is 41.8 Å². The number of rotatable bonds is 6. The van der Waals surface area contributed by atoms with Crippen LogP contribution < -0.4 is 5.32 Å². The van der Waals surface area contributed by atoms with Gasteiger partial charge in [0, 0.05) is 44.1 Å². The number of nitrogens with one attached hydrogen (secondary N) is 1. The number of esters is 1. The van der Waals surface area contributed by atoms with Gasteiger partial charge in [-0.05, 0) is 49.6 Å². The van der Waals surface area contributed by atoms with Crippen LogP contribution in [0.25, 0.3) is 0 Å². The lowest BCUT2D eigenvalue weighted by molar-refractivity contribution is -0.145. The summed E-state index contributed by atoms with van der Waals surface area (Å²) in [5.41, 5.74) is 0. The molecule has 0 aromatic carbocycles. The zero-order chi connectivity index (χ0) is 19.9. The minimum atomic E-state index is -0.109. The molecule has 2 aliphatic heterocycles. The first-order chi connectivity index (χ1) is 13.6. The largest absolute Gasteiger partial charge is 0.469 e. The first-order valence-electron chi connectivity index (χ1n) is 10.5. The van der Waals surface area contributed by atoms with E-state index in [0.29, 0.717) is 12.5 Å². The van der Waals surface area contributed by atoms with Crippen LogP contribution in [0, 0.1) is 17.8 Å². The number of piperidine rings is 1. The van der Waals surface area contributed by atoms with Crippen molar-refractivity contribution in [1.29, 1.82) is 0 Å². The normalized spacial score (nSPS) is 25.6. The van der Waals surface area contributed by atoms with Gasteiger partial charge in [0.1, 0.15) is 0 Å². The number of likely N-dealkylation sites (tertiary alicyclic amines) is 2. The van der Waals surface area contributed by atoms with E-state index >= 15 is 0 Å². The molecule has 0 spiro atoms. The maximum atomic E-state index is 12.0. The zero-order valence-corrected chi connectivity index (χ0v) is 20.9. The maximum absolute atomic E-state index is 12.0. The fraction of sp³-hybridized carbons (Fsp3) is 0.714. The average molecular weight is 535 g/mol. The van der Waals surface area contributed by atoms with Gasteiger partial charge in [0.25, 0.3) is 0 Å². The second-order valence-corrected chi connectivity index (χ2v) is 9.06. The van der Waals surface area contributed by atoms with Gasteiger partial charge in [-0.3, -0.25) is 14.7 Å². The summed E-state index contributed by atoms with van der Waals surface area (Å²) in [6, 6.07) is 4.36. The number of ether oxygens (including phenoxy) is 1. The Balaban J connectivity index is 0.00000300. The number of nitrogens with zero attached hydrogens (tertiary/aromatic N) is 3. The molecule has 29 heavy (non-hydrogen) atoms. The molecule has 1 aromatic heterocycles. The van der Waals surface area contributed by atoms with Crippen molar-refractivity contribution in [2.24, 2.45) is 22.7 Å². The highest BCUT2D eigenvalue weighted by atomic mass is 127. The summed E-state index contributed by atoms with van der Waals surface area (Å²) < 4.78 is 4.97. The van der Waals surface area contributed by atoms with Crippen molar-refractivity contribution in [1.82, 2.24) is 15.1 Å². The number of hydrogen-bond acceptors (Lipinski definition) is 5. The average Bonchev–Trinajstić information content (AvgIpc) is 3.34. The summed E-state index contributed by atoms with van der Waals surface area (Å²) in [5, 5.41) is 5.58. The number of aliphatic imine (C=N–C) groups is 1. The lowest BCUT2D eigenvalue weighted by Gasteiger charge is -2.32. The Morgan fingerprint density at radius 1 is 1.38 bits per heavy atom. The van der Waals surface area contributed by atoms with Crippen LogP contribution in [0.15, 0.2) is 22.5 Å². The molecule has 0 saturated carbocycles. The number of thiophene rings is 1. The number of methoxy groups -OCH3 is 1. The number of guanidine groups is 1. The van der Waals surface area contributed by atoms with Crippen molar-refractivity contribution in [2.45, 2.75) is 33.2 Å². The second kappa shape index (κ2) is 12.1. The lowest BCUT2D eigenvalue weighted by Crippen LogP contribution is -2.41. The molecule has 3 unspecified atom stereocenters. The topological polar surface area (TPSA) is 57.2 Å². The molecule has 2 aliphatic rings. The third kappa shape index (κ3) is 6.82. The third-order valence-corrected chi connectivity index (χ3v) is 6.67. The number of carbonyl (C=O) groups is 1. The van der Waals surface area contributed by atoms with Crippen LogP contribution in [0.4, 0.5) is 0 Å². The first-order valence-corrected chi connectivity index (χ1v) is 11.3. The molecule has 1 aromatic rings. The van der Waals surface area contributed by atoms with Gasteiger partial charge >= 0.3 is 5.97 Å². The van der Waals surface area contributed by atoms with E-state index in [9.17, 15) is 4.79 Å². The molecule has 8 heteroatoms. The van der Waals surface area contributed by atoms with Gasteiger partial charge in [0.15, 0.2) is 5.96 Å². The fourth-order valence-electron chi connectivity index (χ4n) is 4.31. The second-order valence-electron chi connectivity index (χ2n) is 8.03. The standard InChI is InChI=1S/C21H34N4O2S.HI/c1-4-22-21(25-12-16(2)19(15-25)20(26)27-3)23-11-17-7-5-9-24(13-17)14-18-8-6-10-28-18;/h6,8,10,16-17,19H,4-5,7,9,11-15H2,1-3H3,(H,22,23);1H. The zero-order valence-electron chi connectivity index (χ0n) is 17.8. The molecule has 6 nitrogen and oxygen atoms in total. The van der Waals surface area contributed by atoms with E-state index in [0.717, 1.165) is 38.7 Å². The monoisotopic (exact) mass is 534 g/mol. The molecule has 164 valence electrons. The quantitative estimate of drug-likeness (QED) is 0.263. The molecule has 0 radical (unpaired) electrons. The van der Waals surface area contributed by atoms with Crippen LogP contribution in [0.3, 0.4) is 0 Å². The minimum absolute atomic E-state index is 0. The molecule has 3 rings (SSSR count). The van der Waals surface area contributed by atoms with Crippen molar-refractivity contribution >= 4 is 47.2 Å². The minimum Gasteiger partial charge on any atom is -0.469 e. The molecule has 0 aliphatic carbocycles. The smallest absolute Gasteiger partial charge is 0.310 e. The molecule has 0 amide bonds. The van der Waals surface area contributed by atoms with Crippen molar-refractivity contribution in [3.05, 3.63) is 22.4 Å². The van der Waals surface area contributed by atoms with Gasteiger partial charge in [0.2, 0.25) is 0 Å². The predicted molar refractivity (Wildman–Crippen MR) is 130 cm³/mol. The van der Waals surface area contributed by atoms with Crippen LogP contribution in [-0.2, 0) is 16.1 Å². The fourth-order valence-corrected chi connectivity index (χ4v) is 5.05. The van der Waals surface area contributed by atoms with E-state index in [1.54, 1.807) is 0 Å². The Morgan fingerprint density at radius 3 is 2.90 bits per heavy atom. The van der Waals surface area contributed by atoms with Crippen molar-refractivity contribution in [3.8, 4) is 0 Å². The van der Waals surface area contributed by atoms with Gasteiger partial charge in [-0.15, -0.1) is 35.3 Å². The Bertz CT molecular complexity index is 655. The van der Waals surface area contributed by atoms with E-state index in [4.69, 9.17) is 9.73 Å². The Morgan fingerprint density at radius 2 is 2.21 bits per heavy atom. The highest BCUT2D eigenvalue weighted by Crippen LogP contribution is 2.25. The highest BCUT2D eigenvalue weighted by molar-refractivity contribution is 14.0. The van der Waals surface area contributed by atoms with Crippen molar-refractivity contribution in [3.63, 3.8) is 0 Å². The van der Waals surface area contributed by atoms with Gasteiger partial charge in [0.05, 0.1) is 13.0 Å². The summed E-state index contributed by atoms with van der Waals surface area (Å²) in [4.78, 5) is 23.2. The van der Waals surface area contributed by atoms with E-state index in [1.165, 1.54) is 31.4 Å². The number of hydrogen-bond donors (Lipinski definition) is 1. The van der Waals surface area contributed by atoms with Gasteiger partial charge in [-0.25, -0.2) is 0 Å². The summed E-state index contributed by atoms with van der Waals surface area (Å²) in [6.45, 7) is 10.8. The van der Waals surface area contributed by atoms with Crippen molar-refractivity contribution < 1.29 is 9.53 Å². The van der Waals surface area contributed by atoms with Gasteiger partial charge in [-0.2, -0.15) is 0 Å². The van der Waals surface area contributed by atoms with Crippen LogP contribution in [0.5, 0.6) is 0 Å². The van der Waals surface area contributed by atoms with Gasteiger partial charge < -0.3 is 15.0 Å². The van der Waals surface area contributed by atoms with E-state index < -0.39 is 0 Å². The molecule has 2 fully saturated rings. The molecular formula is C21H35IN4O2S. The molecule has 3 heterocycles. The molecule has 3 atom stereocenters. The van der Waals surface area contributed by atoms with Crippen LogP contribution >= 0.6 is 35.3 Å². The van der Waals surface area contributed by atoms with Crippen LogP contribution in [-0.4, -0.2) is 68.1 Å². The number of carbonyl (C=O) groups excluding carboxylic acids is 1. The summed E-state index contributed by atoms with van der Waals surface area (Å²) in [5.74, 6) is 1.65. The van der Waals surface area contributed by atoms with E-state index in [2.05, 4.69) is 46.5 Å². The van der Waals surface area contributed by atoms with Gasteiger partial charge in [-0.1, -0.05) is 13.0 Å². The SMILES string of the molecule is CCNC(=NCC1CCCN(Cc2cccs2)C1)N1CC(C)C(C(=O)OC)C1.I. The Hall–Kier alpha value is -0.870. The summed E-state index contributed by atoms with van der Waals surface area (Å²) in [7, 11) is 1.47. The maximum Gasteiger partial charge on any atom is 0.310 e. The lowest BCUT2D eigenvalue weighted by atomic mass is 9.98. The first kappa shape index (κ1) is 24.4. The van der Waals surface area contributed by atoms with Crippen LogP contribution in [0.2, 0.25) is 0 Å². The van der Waals surface area contributed by atoms with Crippen molar-refractivity contribution in [2.75, 3.05) is 46.4 Å². The van der Waals surface area contributed by atoms with Crippen LogP contribution in [0.1, 0.15) is 31.6 Å². The van der Waals surface area contributed by atoms with E-state index in [1.807, 2.05) is 11.3 Å². The molecule has 1 N–H and O–H groups in total. The summed E-state index contributed by atoms with van der Waals surface area (Å²) >= 11 is 1.84. The summed E-state index contributed by atoms with van der Waals surface area (Å²) in [6.07, 6.45) is 2.48. The third-order valence-electron chi connectivity index (χ3n) is 5.81. The molecule has 0 bridgehead atoms. The predicted octanol–water partition coefficient (Wildman–Crippen LogP) is 3.28. The Labute approximate surface area is 196 Å². The molecular weight excluding hydrogens is 499 g/mol. The Kier molecular flexibility index (Phi) is 10.2. The number of halogens is 1. The highest BCUT2D eigenvalue weighted by Gasteiger charge is 2.37.